The Morgan fingerprint density at radius 2 is 2.12 bits per heavy atom. The molecule has 0 aliphatic heterocycles. The van der Waals surface area contributed by atoms with Crippen LogP contribution in [0.3, 0.4) is 0 Å². The number of ether oxygens (including phenoxy) is 1. The van der Waals surface area contributed by atoms with E-state index in [0.717, 1.165) is 12.2 Å². The number of para-hydroxylation sites is 1. The number of benzene rings is 1. The van der Waals surface area contributed by atoms with Crippen LogP contribution in [0.1, 0.15) is 12.5 Å². The van der Waals surface area contributed by atoms with Crippen LogP contribution in [0.25, 0.3) is 0 Å². The smallest absolute Gasteiger partial charge is 0.236 e. The van der Waals surface area contributed by atoms with Crippen LogP contribution >= 0.6 is 0 Å². The topological polar surface area (TPSA) is 55.6 Å². The van der Waals surface area contributed by atoms with E-state index in [0.29, 0.717) is 13.2 Å². The zero-order valence-electron chi connectivity index (χ0n) is 10.5. The van der Waals surface area contributed by atoms with Crippen LogP contribution in [0.2, 0.25) is 0 Å². The van der Waals surface area contributed by atoms with Gasteiger partial charge in [-0.1, -0.05) is 25.1 Å². The molecule has 0 spiro atoms. The van der Waals surface area contributed by atoms with Crippen molar-refractivity contribution in [2.24, 2.45) is 5.73 Å². The van der Waals surface area contributed by atoms with Crippen molar-refractivity contribution in [2.75, 3.05) is 26.7 Å². The van der Waals surface area contributed by atoms with E-state index in [1.54, 1.807) is 11.9 Å². The van der Waals surface area contributed by atoms with Crippen molar-refractivity contribution in [2.45, 2.75) is 13.3 Å². The molecule has 0 aliphatic rings. The molecule has 94 valence electrons. The molecule has 1 aromatic carbocycles. The summed E-state index contributed by atoms with van der Waals surface area (Å²) in [5.41, 5.74) is 6.45. The SMILES string of the molecule is CCc1ccccc1OCCN(C)C(=O)CN. The van der Waals surface area contributed by atoms with Gasteiger partial charge in [0, 0.05) is 7.05 Å². The number of amides is 1. The summed E-state index contributed by atoms with van der Waals surface area (Å²) >= 11 is 0. The van der Waals surface area contributed by atoms with Gasteiger partial charge in [0.2, 0.25) is 5.91 Å². The number of hydrogen-bond acceptors (Lipinski definition) is 3. The second-order valence-electron chi connectivity index (χ2n) is 3.83. The standard InChI is InChI=1S/C13H20N2O2/c1-3-11-6-4-5-7-12(11)17-9-8-15(2)13(16)10-14/h4-7H,3,8-10,14H2,1-2H3. The Bertz CT molecular complexity index is 366. The van der Waals surface area contributed by atoms with Gasteiger partial charge in [-0.3, -0.25) is 4.79 Å². The lowest BCUT2D eigenvalue weighted by molar-refractivity contribution is -0.128. The lowest BCUT2D eigenvalue weighted by atomic mass is 10.1. The highest BCUT2D eigenvalue weighted by Crippen LogP contribution is 2.17. The second kappa shape index (κ2) is 6.91. The van der Waals surface area contributed by atoms with Crippen molar-refractivity contribution in [1.29, 1.82) is 0 Å². The summed E-state index contributed by atoms with van der Waals surface area (Å²) < 4.78 is 5.66. The molecule has 0 heterocycles. The molecule has 1 amide bonds. The molecule has 0 aromatic heterocycles. The average Bonchev–Trinajstić information content (AvgIpc) is 2.38. The summed E-state index contributed by atoms with van der Waals surface area (Å²) in [4.78, 5) is 12.8. The molecular weight excluding hydrogens is 216 g/mol. The van der Waals surface area contributed by atoms with Crippen LogP contribution in [-0.4, -0.2) is 37.6 Å². The Balaban J connectivity index is 2.43. The van der Waals surface area contributed by atoms with E-state index in [9.17, 15) is 4.79 Å². The number of nitrogens with two attached hydrogens (primary N) is 1. The van der Waals surface area contributed by atoms with E-state index in [-0.39, 0.29) is 12.5 Å². The summed E-state index contributed by atoms with van der Waals surface area (Å²) in [6.45, 7) is 3.17. The molecule has 17 heavy (non-hydrogen) atoms. The van der Waals surface area contributed by atoms with E-state index in [1.165, 1.54) is 5.56 Å². The van der Waals surface area contributed by atoms with Crippen molar-refractivity contribution in [3.05, 3.63) is 29.8 Å². The molecule has 1 aromatic rings. The molecule has 1 rings (SSSR count). The Kier molecular flexibility index (Phi) is 5.49. The molecule has 0 aliphatic carbocycles. The largest absolute Gasteiger partial charge is 0.491 e. The van der Waals surface area contributed by atoms with E-state index >= 15 is 0 Å². The third-order valence-electron chi connectivity index (χ3n) is 2.64. The molecule has 0 radical (unpaired) electrons. The van der Waals surface area contributed by atoms with E-state index < -0.39 is 0 Å². The van der Waals surface area contributed by atoms with Crippen molar-refractivity contribution >= 4 is 5.91 Å². The molecule has 2 N–H and O–H groups in total. The predicted octanol–water partition coefficient (Wildman–Crippen LogP) is 1.04. The van der Waals surface area contributed by atoms with Gasteiger partial charge in [-0.05, 0) is 18.1 Å². The number of carbonyl (C=O) groups excluding carboxylic acids is 1. The molecule has 0 bridgehead atoms. The molecule has 0 fully saturated rings. The fourth-order valence-electron chi connectivity index (χ4n) is 1.51. The van der Waals surface area contributed by atoms with Crippen molar-refractivity contribution < 1.29 is 9.53 Å². The monoisotopic (exact) mass is 236 g/mol. The van der Waals surface area contributed by atoms with Gasteiger partial charge in [0.1, 0.15) is 12.4 Å². The Morgan fingerprint density at radius 3 is 2.76 bits per heavy atom. The summed E-state index contributed by atoms with van der Waals surface area (Å²) in [5.74, 6) is 0.820. The summed E-state index contributed by atoms with van der Waals surface area (Å²) in [7, 11) is 1.73. The van der Waals surface area contributed by atoms with Gasteiger partial charge in [-0.25, -0.2) is 0 Å². The van der Waals surface area contributed by atoms with Crippen LogP contribution < -0.4 is 10.5 Å². The van der Waals surface area contributed by atoms with Crippen molar-refractivity contribution in [1.82, 2.24) is 4.90 Å². The Hall–Kier alpha value is -1.55. The first-order valence-corrected chi connectivity index (χ1v) is 5.83. The van der Waals surface area contributed by atoms with Gasteiger partial charge in [-0.2, -0.15) is 0 Å². The average molecular weight is 236 g/mol. The van der Waals surface area contributed by atoms with E-state index in [2.05, 4.69) is 6.92 Å². The summed E-state index contributed by atoms with van der Waals surface area (Å²) in [6, 6.07) is 7.94. The van der Waals surface area contributed by atoms with Crippen molar-refractivity contribution in [3.63, 3.8) is 0 Å². The third-order valence-corrected chi connectivity index (χ3v) is 2.64. The zero-order valence-corrected chi connectivity index (χ0v) is 10.5. The second-order valence-corrected chi connectivity index (χ2v) is 3.83. The minimum atomic E-state index is -0.0719. The maximum atomic E-state index is 11.2. The number of hydrogen-bond donors (Lipinski definition) is 1. The Labute approximate surface area is 102 Å². The van der Waals surface area contributed by atoms with Gasteiger partial charge in [-0.15, -0.1) is 0 Å². The fraction of sp³-hybridized carbons (Fsp3) is 0.462. The molecular formula is C13H20N2O2. The minimum absolute atomic E-state index is 0.0437. The number of rotatable bonds is 6. The first kappa shape index (κ1) is 13.5. The van der Waals surface area contributed by atoms with E-state index in [1.807, 2.05) is 24.3 Å². The van der Waals surface area contributed by atoms with Crippen LogP contribution in [0.15, 0.2) is 24.3 Å². The first-order chi connectivity index (χ1) is 8.19. The summed E-state index contributed by atoms with van der Waals surface area (Å²) in [6.07, 6.45) is 0.938. The maximum Gasteiger partial charge on any atom is 0.236 e. The minimum Gasteiger partial charge on any atom is -0.491 e. The number of nitrogens with zero attached hydrogens (tertiary/aromatic N) is 1. The van der Waals surface area contributed by atoms with E-state index in [4.69, 9.17) is 10.5 Å². The predicted molar refractivity (Wildman–Crippen MR) is 68.0 cm³/mol. The van der Waals surface area contributed by atoms with Gasteiger partial charge < -0.3 is 15.4 Å². The number of aryl methyl sites for hydroxylation is 1. The highest BCUT2D eigenvalue weighted by Gasteiger charge is 2.06. The molecule has 4 nitrogen and oxygen atoms in total. The molecule has 0 saturated carbocycles. The van der Waals surface area contributed by atoms with Gasteiger partial charge in [0.15, 0.2) is 0 Å². The number of likely N-dealkylation sites (N-methyl/N-ethyl adjacent to an activating group) is 1. The fourth-order valence-corrected chi connectivity index (χ4v) is 1.51. The van der Waals surface area contributed by atoms with Crippen LogP contribution in [-0.2, 0) is 11.2 Å². The third kappa shape index (κ3) is 4.07. The molecule has 4 heteroatoms. The highest BCUT2D eigenvalue weighted by atomic mass is 16.5. The molecule has 0 saturated heterocycles. The first-order valence-electron chi connectivity index (χ1n) is 5.83. The highest BCUT2D eigenvalue weighted by molar-refractivity contribution is 5.77. The van der Waals surface area contributed by atoms with Crippen molar-refractivity contribution in [3.8, 4) is 5.75 Å². The van der Waals surface area contributed by atoms with Gasteiger partial charge in [0.05, 0.1) is 13.1 Å². The lowest BCUT2D eigenvalue weighted by Crippen LogP contribution is -2.35. The maximum absolute atomic E-state index is 11.2. The summed E-state index contributed by atoms with van der Waals surface area (Å²) in [5, 5.41) is 0. The molecule has 0 unspecified atom stereocenters. The normalized spacial score (nSPS) is 10.1. The number of carbonyl (C=O) groups is 1. The van der Waals surface area contributed by atoms with Gasteiger partial charge >= 0.3 is 0 Å². The van der Waals surface area contributed by atoms with Crippen LogP contribution in [0.4, 0.5) is 0 Å². The quantitative estimate of drug-likeness (QED) is 0.803. The van der Waals surface area contributed by atoms with Gasteiger partial charge in [0.25, 0.3) is 0 Å². The van der Waals surface area contributed by atoms with Crippen LogP contribution in [0, 0.1) is 0 Å². The zero-order chi connectivity index (χ0) is 12.7. The molecule has 0 atom stereocenters. The lowest BCUT2D eigenvalue weighted by Gasteiger charge is -2.17. The van der Waals surface area contributed by atoms with Crippen LogP contribution in [0.5, 0.6) is 5.75 Å². The Morgan fingerprint density at radius 1 is 1.41 bits per heavy atom.